The van der Waals surface area contributed by atoms with Gasteiger partial charge in [0, 0.05) is 49.5 Å². The van der Waals surface area contributed by atoms with E-state index in [1.54, 1.807) is 30.0 Å². The molecule has 2 aromatic carbocycles. The number of ether oxygens (including phenoxy) is 2. The first-order valence-electron chi connectivity index (χ1n) is 12.8. The summed E-state index contributed by atoms with van der Waals surface area (Å²) in [6.45, 7) is 5.80. The third-order valence-corrected chi connectivity index (χ3v) is 7.37. The average molecular weight is 503 g/mol. The summed E-state index contributed by atoms with van der Waals surface area (Å²) in [4.78, 5) is 9.46. The largest absolute Gasteiger partial charge is 0.494 e. The number of morpholine rings is 1. The molecule has 4 aromatic rings. The standard InChI is InChI=1S/C28H31FN6O2/c1-36-27-18-21(33-12-10-20(11-13-33)34-14-16-37-17-15-34)6-8-25(27)31-28-30-19-22-7-9-26(35(22)32-28)23-4-2-3-5-24(23)29/h2-9,18-20H,10-17H2,1H3,(H,31,32). The molecular formula is C28H31FN6O2. The van der Waals surface area contributed by atoms with Crippen LogP contribution in [0.4, 0.5) is 21.7 Å². The lowest BCUT2D eigenvalue weighted by Gasteiger charge is -2.40. The fourth-order valence-corrected chi connectivity index (χ4v) is 5.36. The van der Waals surface area contributed by atoms with Crippen molar-refractivity contribution in [2.24, 2.45) is 0 Å². The number of methoxy groups -OCH3 is 1. The molecule has 2 aliphatic heterocycles. The van der Waals surface area contributed by atoms with Gasteiger partial charge in [-0.1, -0.05) is 12.1 Å². The van der Waals surface area contributed by atoms with E-state index in [4.69, 9.17) is 9.47 Å². The zero-order chi connectivity index (χ0) is 25.2. The van der Waals surface area contributed by atoms with E-state index in [-0.39, 0.29) is 5.82 Å². The Labute approximate surface area is 215 Å². The number of piperidine rings is 1. The van der Waals surface area contributed by atoms with E-state index >= 15 is 0 Å². The van der Waals surface area contributed by atoms with E-state index in [2.05, 4.69) is 37.3 Å². The van der Waals surface area contributed by atoms with Crippen LogP contribution in [0, 0.1) is 5.82 Å². The summed E-state index contributed by atoms with van der Waals surface area (Å²) in [7, 11) is 1.67. The van der Waals surface area contributed by atoms with Crippen molar-refractivity contribution in [3.05, 3.63) is 66.6 Å². The molecule has 2 saturated heterocycles. The predicted octanol–water partition coefficient (Wildman–Crippen LogP) is 4.59. The van der Waals surface area contributed by atoms with Crippen LogP contribution < -0.4 is 15.0 Å². The van der Waals surface area contributed by atoms with E-state index in [0.717, 1.165) is 74.9 Å². The molecule has 1 N–H and O–H groups in total. The maximum atomic E-state index is 14.4. The zero-order valence-electron chi connectivity index (χ0n) is 20.9. The fourth-order valence-electron chi connectivity index (χ4n) is 5.36. The van der Waals surface area contributed by atoms with Crippen LogP contribution in [-0.4, -0.2) is 72.0 Å². The lowest BCUT2D eigenvalue weighted by Crippen LogP contribution is -2.49. The van der Waals surface area contributed by atoms with Gasteiger partial charge in [0.2, 0.25) is 5.95 Å². The number of anilines is 3. The second-order valence-electron chi connectivity index (χ2n) is 9.49. The number of halogens is 1. The second-order valence-corrected chi connectivity index (χ2v) is 9.49. The van der Waals surface area contributed by atoms with Crippen LogP contribution in [0.5, 0.6) is 5.75 Å². The Morgan fingerprint density at radius 3 is 2.59 bits per heavy atom. The number of fused-ring (bicyclic) bond motifs is 1. The quantitative estimate of drug-likeness (QED) is 0.414. The first-order valence-corrected chi connectivity index (χ1v) is 12.8. The first-order chi connectivity index (χ1) is 18.2. The molecule has 192 valence electrons. The first kappa shape index (κ1) is 23.7. The fraction of sp³-hybridized carbons (Fsp3) is 0.357. The van der Waals surface area contributed by atoms with Crippen molar-refractivity contribution in [3.63, 3.8) is 0 Å². The number of nitrogens with one attached hydrogen (secondary N) is 1. The van der Waals surface area contributed by atoms with Crippen LogP contribution in [0.3, 0.4) is 0 Å². The van der Waals surface area contributed by atoms with Crippen molar-refractivity contribution in [2.75, 3.05) is 56.7 Å². The van der Waals surface area contributed by atoms with Crippen molar-refractivity contribution in [1.29, 1.82) is 0 Å². The lowest BCUT2D eigenvalue weighted by molar-refractivity contribution is 0.0115. The van der Waals surface area contributed by atoms with Gasteiger partial charge >= 0.3 is 0 Å². The van der Waals surface area contributed by atoms with Gasteiger partial charge in [0.05, 0.1) is 43.4 Å². The summed E-state index contributed by atoms with van der Waals surface area (Å²) >= 11 is 0. The Kier molecular flexibility index (Phi) is 6.63. The van der Waals surface area contributed by atoms with E-state index in [1.165, 1.54) is 6.07 Å². The highest BCUT2D eigenvalue weighted by Crippen LogP contribution is 2.33. The van der Waals surface area contributed by atoms with Gasteiger partial charge in [0.25, 0.3) is 0 Å². The molecule has 2 fully saturated rings. The SMILES string of the molecule is COc1cc(N2CCC(N3CCOCC3)CC2)ccc1Nc1ncc2ccc(-c3ccccc3F)n2n1. The minimum Gasteiger partial charge on any atom is -0.494 e. The van der Waals surface area contributed by atoms with E-state index in [9.17, 15) is 4.39 Å². The normalized spacial score (nSPS) is 17.3. The Balaban J connectivity index is 1.19. The van der Waals surface area contributed by atoms with Crippen LogP contribution in [0.1, 0.15) is 12.8 Å². The smallest absolute Gasteiger partial charge is 0.245 e. The molecule has 0 atom stereocenters. The summed E-state index contributed by atoms with van der Waals surface area (Å²) in [5.74, 6) is 0.832. The predicted molar refractivity (Wildman–Crippen MR) is 142 cm³/mol. The Morgan fingerprint density at radius 1 is 1.00 bits per heavy atom. The molecular weight excluding hydrogens is 471 g/mol. The number of hydrogen-bond donors (Lipinski definition) is 1. The van der Waals surface area contributed by atoms with Gasteiger partial charge < -0.3 is 19.7 Å². The second kappa shape index (κ2) is 10.4. The lowest BCUT2D eigenvalue weighted by atomic mass is 10.0. The minimum atomic E-state index is -0.290. The molecule has 0 spiro atoms. The molecule has 0 bridgehead atoms. The Hall–Kier alpha value is -3.69. The highest BCUT2D eigenvalue weighted by Gasteiger charge is 2.26. The van der Waals surface area contributed by atoms with Crippen LogP contribution in [-0.2, 0) is 4.74 Å². The molecule has 37 heavy (non-hydrogen) atoms. The summed E-state index contributed by atoms with van der Waals surface area (Å²) in [6.07, 6.45) is 4.02. The average Bonchev–Trinajstić information content (AvgIpc) is 3.37. The highest BCUT2D eigenvalue weighted by atomic mass is 19.1. The summed E-state index contributed by atoms with van der Waals surface area (Å²) < 4.78 is 27.4. The van der Waals surface area contributed by atoms with Gasteiger partial charge in [-0.05, 0) is 49.2 Å². The van der Waals surface area contributed by atoms with Crippen LogP contribution in [0.2, 0.25) is 0 Å². The number of benzene rings is 2. The summed E-state index contributed by atoms with van der Waals surface area (Å²) in [5, 5.41) is 7.92. The van der Waals surface area contributed by atoms with E-state index < -0.39 is 0 Å². The van der Waals surface area contributed by atoms with Gasteiger partial charge in [0.15, 0.2) is 0 Å². The zero-order valence-corrected chi connectivity index (χ0v) is 20.9. The number of rotatable bonds is 6. The third-order valence-electron chi connectivity index (χ3n) is 7.37. The van der Waals surface area contributed by atoms with Crippen molar-refractivity contribution in [3.8, 4) is 17.0 Å². The molecule has 6 rings (SSSR count). The van der Waals surface area contributed by atoms with Crippen LogP contribution >= 0.6 is 0 Å². The van der Waals surface area contributed by atoms with Crippen molar-refractivity contribution >= 4 is 22.8 Å². The maximum absolute atomic E-state index is 14.4. The molecule has 4 heterocycles. The van der Waals surface area contributed by atoms with Crippen LogP contribution in [0.15, 0.2) is 60.8 Å². The Morgan fingerprint density at radius 2 is 1.81 bits per heavy atom. The van der Waals surface area contributed by atoms with Gasteiger partial charge in [-0.3, -0.25) is 4.90 Å². The van der Waals surface area contributed by atoms with E-state index in [0.29, 0.717) is 23.2 Å². The maximum Gasteiger partial charge on any atom is 0.245 e. The minimum absolute atomic E-state index is 0.290. The molecule has 2 aliphatic rings. The van der Waals surface area contributed by atoms with Crippen molar-refractivity contribution in [2.45, 2.75) is 18.9 Å². The molecule has 0 aliphatic carbocycles. The van der Waals surface area contributed by atoms with Gasteiger partial charge in [0.1, 0.15) is 11.6 Å². The van der Waals surface area contributed by atoms with E-state index in [1.807, 2.05) is 24.3 Å². The summed E-state index contributed by atoms with van der Waals surface area (Å²) in [6, 6.07) is 17.2. The molecule has 0 radical (unpaired) electrons. The number of aromatic nitrogens is 3. The topological polar surface area (TPSA) is 67.2 Å². The number of hydrogen-bond acceptors (Lipinski definition) is 7. The van der Waals surface area contributed by atoms with Crippen LogP contribution in [0.25, 0.3) is 16.8 Å². The molecule has 9 heteroatoms. The van der Waals surface area contributed by atoms with Crippen molar-refractivity contribution < 1.29 is 13.9 Å². The molecule has 8 nitrogen and oxygen atoms in total. The monoisotopic (exact) mass is 502 g/mol. The molecule has 0 saturated carbocycles. The van der Waals surface area contributed by atoms with Gasteiger partial charge in [-0.25, -0.2) is 13.9 Å². The summed E-state index contributed by atoms with van der Waals surface area (Å²) in [5.41, 5.74) is 3.86. The molecule has 0 unspecified atom stereocenters. The van der Waals surface area contributed by atoms with Gasteiger partial charge in [-0.15, -0.1) is 5.10 Å². The van der Waals surface area contributed by atoms with Gasteiger partial charge in [-0.2, -0.15) is 0 Å². The third kappa shape index (κ3) is 4.84. The number of nitrogens with zero attached hydrogens (tertiary/aromatic N) is 5. The van der Waals surface area contributed by atoms with Crippen molar-refractivity contribution in [1.82, 2.24) is 19.5 Å². The highest BCUT2D eigenvalue weighted by molar-refractivity contribution is 5.70. The Bertz CT molecular complexity index is 1380. The molecule has 2 aromatic heterocycles. The molecule has 0 amide bonds.